The zero-order valence-corrected chi connectivity index (χ0v) is 35.4. The number of fused-ring (bicyclic) bond motifs is 4. The molecule has 10 heteroatoms. The maximum atomic E-state index is 13.7. The normalized spacial score (nSPS) is 24.7. The molecule has 2 unspecified atom stereocenters. The van der Waals surface area contributed by atoms with Crippen LogP contribution in [0.3, 0.4) is 0 Å². The van der Waals surface area contributed by atoms with Gasteiger partial charge in [-0.3, -0.25) is 0 Å². The van der Waals surface area contributed by atoms with Crippen LogP contribution in [0.1, 0.15) is 82.8 Å². The van der Waals surface area contributed by atoms with Crippen molar-refractivity contribution < 1.29 is 8.78 Å². The molecule has 4 aromatic rings. The van der Waals surface area contributed by atoms with Crippen LogP contribution < -0.4 is 29.4 Å². The highest BCUT2D eigenvalue weighted by Gasteiger charge is 2.40. The highest BCUT2D eigenvalue weighted by atomic mass is 19.1. The fourth-order valence-corrected chi connectivity index (χ4v) is 11.3. The number of rotatable bonds is 6. The third-order valence-electron chi connectivity index (χ3n) is 14.1. The van der Waals surface area contributed by atoms with Gasteiger partial charge in [-0.15, -0.1) is 0 Å². The molecule has 6 fully saturated rings. The van der Waals surface area contributed by atoms with Gasteiger partial charge in [0.1, 0.15) is 23.3 Å². The van der Waals surface area contributed by atoms with Crippen molar-refractivity contribution in [1.82, 2.24) is 9.97 Å². The van der Waals surface area contributed by atoms with E-state index in [0.717, 1.165) is 88.2 Å². The number of hydrogen-bond donors (Lipinski definition) is 0. The molecule has 59 heavy (non-hydrogen) atoms. The molecule has 1 saturated carbocycles. The molecule has 2 atom stereocenters. The van der Waals surface area contributed by atoms with Crippen LogP contribution in [0.4, 0.5) is 43.2 Å². The molecule has 2 bridgehead atoms. The van der Waals surface area contributed by atoms with Crippen molar-refractivity contribution in [3.63, 3.8) is 0 Å². The second-order valence-corrected chi connectivity index (χ2v) is 17.8. The van der Waals surface area contributed by atoms with E-state index in [1.54, 1.807) is 12.1 Å². The van der Waals surface area contributed by atoms with E-state index < -0.39 is 0 Å². The Morgan fingerprint density at radius 2 is 0.983 bits per heavy atom. The summed E-state index contributed by atoms with van der Waals surface area (Å²) in [4.78, 5) is 24.6. The SMILES string of the molecule is CC.Fc1cccc(N2CCCC(N3CCc4c(N5CC6CC(C6)C5)ccnc43)C2)c1.Fc1cccc(N2CCCC(N3CCc4c(N5CCCCC5)ccnc43)C2)c1. The first-order chi connectivity index (χ1) is 29.0. The minimum Gasteiger partial charge on any atom is -0.371 e. The van der Waals surface area contributed by atoms with Crippen LogP contribution in [-0.4, -0.2) is 87.5 Å². The largest absolute Gasteiger partial charge is 0.371 e. The van der Waals surface area contributed by atoms with Gasteiger partial charge in [0.2, 0.25) is 0 Å². The Bertz CT molecular complexity index is 2020. The summed E-state index contributed by atoms with van der Waals surface area (Å²) >= 11 is 0. The highest BCUT2D eigenvalue weighted by molar-refractivity contribution is 5.69. The van der Waals surface area contributed by atoms with E-state index in [9.17, 15) is 8.78 Å². The van der Waals surface area contributed by atoms with Crippen LogP contribution in [0.5, 0.6) is 0 Å². The summed E-state index contributed by atoms with van der Waals surface area (Å²) in [6, 6.07) is 19.4. The molecule has 1 aliphatic carbocycles. The van der Waals surface area contributed by atoms with Gasteiger partial charge in [0.15, 0.2) is 0 Å². The van der Waals surface area contributed by atoms with Gasteiger partial charge in [-0.1, -0.05) is 26.0 Å². The van der Waals surface area contributed by atoms with E-state index in [4.69, 9.17) is 9.97 Å². The smallest absolute Gasteiger partial charge is 0.134 e. The summed E-state index contributed by atoms with van der Waals surface area (Å²) in [5.41, 5.74) is 7.74. The summed E-state index contributed by atoms with van der Waals surface area (Å²) in [5.74, 6) is 3.91. The van der Waals surface area contributed by atoms with E-state index in [-0.39, 0.29) is 11.6 Å². The molecule has 5 saturated heterocycles. The van der Waals surface area contributed by atoms with Crippen molar-refractivity contribution in [3.05, 3.63) is 95.8 Å². The Morgan fingerprint density at radius 3 is 1.47 bits per heavy atom. The molecule has 2 aromatic heterocycles. The van der Waals surface area contributed by atoms with E-state index in [0.29, 0.717) is 12.1 Å². The fourth-order valence-electron chi connectivity index (χ4n) is 11.3. The van der Waals surface area contributed by atoms with Crippen LogP contribution in [0, 0.1) is 23.5 Å². The number of piperidine rings is 5. The van der Waals surface area contributed by atoms with Crippen molar-refractivity contribution in [3.8, 4) is 0 Å². The molecule has 9 heterocycles. The van der Waals surface area contributed by atoms with Crippen LogP contribution >= 0.6 is 0 Å². The van der Waals surface area contributed by atoms with Gasteiger partial charge in [0.25, 0.3) is 0 Å². The zero-order chi connectivity index (χ0) is 40.3. The van der Waals surface area contributed by atoms with Crippen molar-refractivity contribution in [2.75, 3.05) is 94.8 Å². The number of benzene rings is 2. The molecule has 8 nitrogen and oxygen atoms in total. The van der Waals surface area contributed by atoms with Gasteiger partial charge >= 0.3 is 0 Å². The van der Waals surface area contributed by atoms with E-state index in [2.05, 4.69) is 41.5 Å². The standard InChI is InChI=1S/C24H29FN4.C23H29FN4.C2H6/c25-19-3-1-4-20(13-19)27-9-2-5-21(16-27)29-10-7-22-23(6-8-26-24(22)29)28-14-17-11-18(12-17)15-28;24-18-6-4-7-19(16-18)27-14-5-8-20(17-27)28-15-10-21-22(9-11-25-23(21)28)26-12-2-1-3-13-26;1-2/h1,3-4,6,8,13,17-18,21H,2,5,7,9-12,14-16H2;4,6-7,9,11,16,20H,1-3,5,8,10,12-15,17H2;1-2H3. The van der Waals surface area contributed by atoms with Gasteiger partial charge in [0.05, 0.1) is 0 Å². The topological polar surface area (TPSA) is 45.2 Å². The van der Waals surface area contributed by atoms with E-state index >= 15 is 0 Å². The quantitative estimate of drug-likeness (QED) is 0.191. The van der Waals surface area contributed by atoms with Gasteiger partial charge in [0, 0.05) is 124 Å². The summed E-state index contributed by atoms with van der Waals surface area (Å²) in [6.07, 6.45) is 17.7. The lowest BCUT2D eigenvalue weighted by Gasteiger charge is -2.48. The van der Waals surface area contributed by atoms with Crippen molar-refractivity contribution in [2.24, 2.45) is 11.8 Å². The molecule has 0 radical (unpaired) electrons. The first kappa shape index (κ1) is 39.8. The number of nitrogens with zero attached hydrogens (tertiary/aromatic N) is 8. The molecule has 12 rings (SSSR count). The fraction of sp³-hybridized carbons (Fsp3) is 0.551. The Labute approximate surface area is 351 Å². The van der Waals surface area contributed by atoms with Crippen molar-refractivity contribution in [1.29, 1.82) is 0 Å². The summed E-state index contributed by atoms with van der Waals surface area (Å²) in [6.45, 7) is 14.8. The average molecular weight is 803 g/mol. The van der Waals surface area contributed by atoms with Crippen LogP contribution in [-0.2, 0) is 12.8 Å². The molecule has 8 aliphatic rings. The predicted molar refractivity (Wildman–Crippen MR) is 240 cm³/mol. The minimum atomic E-state index is -0.154. The maximum Gasteiger partial charge on any atom is 0.134 e. The molecule has 0 spiro atoms. The van der Waals surface area contributed by atoms with E-state index in [1.165, 1.54) is 117 Å². The number of aromatic nitrogens is 2. The second kappa shape index (κ2) is 17.9. The summed E-state index contributed by atoms with van der Waals surface area (Å²) in [5, 5.41) is 0. The lowest BCUT2D eigenvalue weighted by atomic mass is 9.71. The first-order valence-electron chi connectivity index (χ1n) is 23.0. The predicted octanol–water partition coefficient (Wildman–Crippen LogP) is 9.37. The van der Waals surface area contributed by atoms with Crippen LogP contribution in [0.15, 0.2) is 73.1 Å². The van der Waals surface area contributed by atoms with Crippen LogP contribution in [0.25, 0.3) is 0 Å². The lowest BCUT2D eigenvalue weighted by Crippen LogP contribution is -2.49. The summed E-state index contributed by atoms with van der Waals surface area (Å²) < 4.78 is 27.4. The Kier molecular flexibility index (Phi) is 12.1. The molecular weight excluding hydrogens is 739 g/mol. The number of halogens is 2. The lowest BCUT2D eigenvalue weighted by molar-refractivity contribution is 0.159. The molecule has 2 aromatic carbocycles. The van der Waals surface area contributed by atoms with Gasteiger partial charge in [-0.2, -0.15) is 0 Å². The third-order valence-corrected chi connectivity index (χ3v) is 14.1. The Morgan fingerprint density at radius 1 is 0.508 bits per heavy atom. The van der Waals surface area contributed by atoms with E-state index in [1.807, 2.05) is 50.5 Å². The molecule has 7 aliphatic heterocycles. The maximum absolute atomic E-state index is 13.7. The minimum absolute atomic E-state index is 0.151. The Balaban J connectivity index is 0.000000146. The second-order valence-electron chi connectivity index (χ2n) is 17.8. The molecule has 314 valence electrons. The average Bonchev–Trinajstić information content (AvgIpc) is 3.93. The third kappa shape index (κ3) is 8.43. The van der Waals surface area contributed by atoms with Crippen molar-refractivity contribution in [2.45, 2.75) is 96.6 Å². The zero-order valence-electron chi connectivity index (χ0n) is 35.4. The first-order valence-corrected chi connectivity index (χ1v) is 23.0. The summed E-state index contributed by atoms with van der Waals surface area (Å²) in [7, 11) is 0. The van der Waals surface area contributed by atoms with Crippen LogP contribution in [0.2, 0.25) is 0 Å². The van der Waals surface area contributed by atoms with Gasteiger partial charge in [-0.05, 0) is 131 Å². The Hall–Kier alpha value is -4.60. The van der Waals surface area contributed by atoms with Gasteiger partial charge in [-0.25, -0.2) is 18.7 Å². The highest BCUT2D eigenvalue weighted by Crippen LogP contribution is 2.44. The van der Waals surface area contributed by atoms with Gasteiger partial charge < -0.3 is 29.4 Å². The molecule has 0 N–H and O–H groups in total. The van der Waals surface area contributed by atoms with Crippen molar-refractivity contribution >= 4 is 34.4 Å². The molecular formula is C49H64F2N8. The number of anilines is 6. The number of pyridine rings is 2. The monoisotopic (exact) mass is 803 g/mol. The number of hydrogen-bond acceptors (Lipinski definition) is 8. The molecule has 0 amide bonds.